The zero-order chi connectivity index (χ0) is 9.97. The quantitative estimate of drug-likeness (QED) is 0.683. The zero-order valence-corrected chi connectivity index (χ0v) is 7.64. The fourth-order valence-corrected chi connectivity index (χ4v) is 1.34. The molecule has 0 amide bonds. The lowest BCUT2D eigenvalue weighted by Crippen LogP contribution is -2.34. The molecule has 1 aromatic rings. The number of nitrogens with two attached hydrogens (primary N) is 2. The van der Waals surface area contributed by atoms with Crippen LogP contribution in [0.25, 0.3) is 0 Å². The van der Waals surface area contributed by atoms with Crippen LogP contribution in [0.5, 0.6) is 11.5 Å². The third-order valence-corrected chi connectivity index (χ3v) is 2.04. The predicted molar refractivity (Wildman–Crippen MR) is 52.8 cm³/mol. The molecule has 4 heteroatoms. The normalized spacial score (nSPS) is 22.4. The summed E-state index contributed by atoms with van der Waals surface area (Å²) < 4.78 is 11.1. The summed E-state index contributed by atoms with van der Waals surface area (Å²) in [6, 6.07) is 7.42. The van der Waals surface area contributed by atoms with E-state index in [0.29, 0.717) is 23.8 Å². The number of fused-ring (bicyclic) bond motifs is 1. The first kappa shape index (κ1) is 8.90. The van der Waals surface area contributed by atoms with E-state index in [1.54, 1.807) is 0 Å². The van der Waals surface area contributed by atoms with E-state index in [4.69, 9.17) is 20.9 Å². The average Bonchev–Trinajstić information content (AvgIpc) is 2.27. The van der Waals surface area contributed by atoms with Gasteiger partial charge in [-0.15, -0.1) is 0 Å². The third kappa shape index (κ3) is 1.40. The highest BCUT2D eigenvalue weighted by atomic mass is 16.6. The van der Waals surface area contributed by atoms with Gasteiger partial charge in [-0.25, -0.2) is 0 Å². The molecule has 1 aromatic carbocycles. The highest BCUT2D eigenvalue weighted by Crippen LogP contribution is 2.34. The van der Waals surface area contributed by atoms with Gasteiger partial charge in [0.2, 0.25) is 0 Å². The van der Waals surface area contributed by atoms with Crippen LogP contribution in [0.15, 0.2) is 36.2 Å². The molecule has 1 aliphatic heterocycles. The maximum atomic E-state index is 5.59. The van der Waals surface area contributed by atoms with Gasteiger partial charge in [0, 0.05) is 12.7 Å². The van der Waals surface area contributed by atoms with Crippen molar-refractivity contribution < 1.29 is 9.47 Å². The lowest BCUT2D eigenvalue weighted by Gasteiger charge is -2.27. The molecular formula is C10H12N2O2. The molecule has 0 bridgehead atoms. The summed E-state index contributed by atoms with van der Waals surface area (Å²) in [5.74, 6) is 1.94. The van der Waals surface area contributed by atoms with Crippen molar-refractivity contribution in [1.29, 1.82) is 0 Å². The standard InChI is InChI=1S/C10H12N2O2/c11-5-9-10(6-12)14-8-4-2-1-3-7(8)13-9/h1-5,10H,6,11-12H2/b9-5+. The Labute approximate surface area is 82.1 Å². The van der Waals surface area contributed by atoms with E-state index in [0.717, 1.165) is 0 Å². The van der Waals surface area contributed by atoms with Gasteiger partial charge in [-0.05, 0) is 12.1 Å². The maximum Gasteiger partial charge on any atom is 0.170 e. The van der Waals surface area contributed by atoms with Crippen molar-refractivity contribution in [3.63, 3.8) is 0 Å². The summed E-state index contributed by atoms with van der Waals surface area (Å²) in [5.41, 5.74) is 10.9. The maximum absolute atomic E-state index is 5.59. The minimum Gasteiger partial charge on any atom is -0.477 e. The average molecular weight is 192 g/mol. The first-order valence-electron chi connectivity index (χ1n) is 4.40. The molecule has 74 valence electrons. The Kier molecular flexibility index (Phi) is 2.28. The van der Waals surface area contributed by atoms with Crippen LogP contribution in [0.2, 0.25) is 0 Å². The predicted octanol–water partition coefficient (Wildman–Crippen LogP) is 0.585. The molecule has 0 radical (unpaired) electrons. The first-order chi connectivity index (χ1) is 6.85. The number of hydrogen-bond donors (Lipinski definition) is 2. The second-order valence-corrected chi connectivity index (χ2v) is 2.96. The van der Waals surface area contributed by atoms with Crippen molar-refractivity contribution in [2.45, 2.75) is 6.10 Å². The number of rotatable bonds is 1. The van der Waals surface area contributed by atoms with Crippen molar-refractivity contribution >= 4 is 0 Å². The number of hydrogen-bond acceptors (Lipinski definition) is 4. The fraction of sp³-hybridized carbons (Fsp3) is 0.200. The molecule has 1 unspecified atom stereocenters. The fourth-order valence-electron chi connectivity index (χ4n) is 1.34. The molecule has 0 aromatic heterocycles. The topological polar surface area (TPSA) is 70.5 Å². The van der Waals surface area contributed by atoms with Gasteiger partial charge in [-0.2, -0.15) is 0 Å². The van der Waals surface area contributed by atoms with Gasteiger partial charge >= 0.3 is 0 Å². The molecule has 1 heterocycles. The van der Waals surface area contributed by atoms with Crippen LogP contribution in [-0.2, 0) is 0 Å². The van der Waals surface area contributed by atoms with Gasteiger partial charge in [0.1, 0.15) is 0 Å². The molecule has 0 fully saturated rings. The van der Waals surface area contributed by atoms with Gasteiger partial charge in [0.25, 0.3) is 0 Å². The van der Waals surface area contributed by atoms with E-state index < -0.39 is 0 Å². The Morgan fingerprint density at radius 3 is 2.64 bits per heavy atom. The Balaban J connectivity index is 2.34. The van der Waals surface area contributed by atoms with Crippen LogP contribution < -0.4 is 20.9 Å². The van der Waals surface area contributed by atoms with Gasteiger partial charge in [-0.3, -0.25) is 0 Å². The molecular weight excluding hydrogens is 180 g/mol. The van der Waals surface area contributed by atoms with Crippen LogP contribution in [0.1, 0.15) is 0 Å². The van der Waals surface area contributed by atoms with Gasteiger partial charge in [0.05, 0.1) is 0 Å². The minimum absolute atomic E-state index is 0.283. The highest BCUT2D eigenvalue weighted by molar-refractivity contribution is 5.43. The third-order valence-electron chi connectivity index (χ3n) is 2.04. The van der Waals surface area contributed by atoms with Crippen LogP contribution in [0.3, 0.4) is 0 Å². The summed E-state index contributed by atoms with van der Waals surface area (Å²) in [7, 11) is 0. The van der Waals surface area contributed by atoms with Crippen molar-refractivity contribution in [2.24, 2.45) is 11.5 Å². The number of benzene rings is 1. The van der Waals surface area contributed by atoms with Gasteiger partial charge < -0.3 is 20.9 Å². The molecule has 0 aliphatic carbocycles. The summed E-state index contributed by atoms with van der Waals surface area (Å²) in [5, 5.41) is 0. The number of ether oxygens (including phenoxy) is 2. The Bertz CT molecular complexity index is 363. The molecule has 0 saturated heterocycles. The molecule has 4 nitrogen and oxygen atoms in total. The van der Waals surface area contributed by atoms with Crippen LogP contribution in [-0.4, -0.2) is 12.6 Å². The smallest absolute Gasteiger partial charge is 0.170 e. The molecule has 1 aliphatic rings. The van der Waals surface area contributed by atoms with Crippen LogP contribution in [0, 0.1) is 0 Å². The van der Waals surface area contributed by atoms with Crippen LogP contribution in [0.4, 0.5) is 0 Å². The largest absolute Gasteiger partial charge is 0.477 e. The molecule has 0 saturated carbocycles. The molecule has 0 spiro atoms. The lowest BCUT2D eigenvalue weighted by atomic mass is 10.2. The van der Waals surface area contributed by atoms with Crippen molar-refractivity contribution in [2.75, 3.05) is 6.54 Å². The zero-order valence-electron chi connectivity index (χ0n) is 7.64. The molecule has 14 heavy (non-hydrogen) atoms. The highest BCUT2D eigenvalue weighted by Gasteiger charge is 2.24. The summed E-state index contributed by atoms with van der Waals surface area (Å²) in [6.45, 7) is 0.345. The SMILES string of the molecule is N/C=C1/Oc2ccccc2OC1CN. The molecule has 4 N–H and O–H groups in total. The van der Waals surface area contributed by atoms with Gasteiger partial charge in [0.15, 0.2) is 23.4 Å². The van der Waals surface area contributed by atoms with E-state index >= 15 is 0 Å². The van der Waals surface area contributed by atoms with E-state index in [1.807, 2.05) is 24.3 Å². The summed E-state index contributed by atoms with van der Waals surface area (Å²) in [6.07, 6.45) is 1.10. The van der Waals surface area contributed by atoms with E-state index in [-0.39, 0.29) is 6.10 Å². The Hall–Kier alpha value is -1.68. The van der Waals surface area contributed by atoms with Crippen molar-refractivity contribution in [3.05, 3.63) is 36.2 Å². The second-order valence-electron chi connectivity index (χ2n) is 2.96. The van der Waals surface area contributed by atoms with Gasteiger partial charge in [-0.1, -0.05) is 12.1 Å². The van der Waals surface area contributed by atoms with Crippen molar-refractivity contribution in [3.8, 4) is 11.5 Å². The minimum atomic E-state index is -0.283. The number of para-hydroxylation sites is 2. The van der Waals surface area contributed by atoms with Crippen molar-refractivity contribution in [1.82, 2.24) is 0 Å². The summed E-state index contributed by atoms with van der Waals surface area (Å²) in [4.78, 5) is 0. The first-order valence-corrected chi connectivity index (χ1v) is 4.40. The monoisotopic (exact) mass is 192 g/mol. The summed E-state index contributed by atoms with van der Waals surface area (Å²) >= 11 is 0. The molecule has 2 rings (SSSR count). The Morgan fingerprint density at radius 1 is 1.29 bits per heavy atom. The van der Waals surface area contributed by atoms with E-state index in [9.17, 15) is 0 Å². The van der Waals surface area contributed by atoms with E-state index in [1.165, 1.54) is 6.20 Å². The second kappa shape index (κ2) is 3.59. The van der Waals surface area contributed by atoms with Crippen LogP contribution >= 0.6 is 0 Å². The molecule has 1 atom stereocenters. The van der Waals surface area contributed by atoms with E-state index in [2.05, 4.69) is 0 Å². The lowest BCUT2D eigenvalue weighted by molar-refractivity contribution is 0.152. The Morgan fingerprint density at radius 2 is 2.00 bits per heavy atom.